The highest BCUT2D eigenvalue weighted by Crippen LogP contribution is 2.31. The number of piperazine rings is 1. The van der Waals surface area contributed by atoms with Crippen molar-refractivity contribution < 1.29 is 9.47 Å². The number of rotatable bonds is 7. The normalized spacial score (nSPS) is 15.6. The number of nitrogens with one attached hydrogen (secondary N) is 1. The van der Waals surface area contributed by atoms with Crippen LogP contribution in [0, 0.1) is 0 Å². The molecule has 1 saturated heterocycles. The summed E-state index contributed by atoms with van der Waals surface area (Å²) in [6.45, 7) is 11.8. The Morgan fingerprint density at radius 2 is 1.71 bits per heavy atom. The largest absolute Gasteiger partial charge is 0.497 e. The fraction of sp³-hybridized carbons (Fsp3) is 0.429. The average Bonchev–Trinajstić information content (AvgIpc) is 3.40. The quantitative estimate of drug-likeness (QED) is 0.397. The van der Waals surface area contributed by atoms with E-state index in [1.807, 2.05) is 48.0 Å². The van der Waals surface area contributed by atoms with Crippen molar-refractivity contribution in [1.29, 1.82) is 0 Å². The number of tetrazole rings is 1. The minimum absolute atomic E-state index is 0.146. The lowest BCUT2D eigenvalue weighted by Crippen LogP contribution is -2.49. The first-order chi connectivity index (χ1) is 18.3. The SMILES string of the molecule is CCOc1ccc2[nH]c(=O)c(C(c3nnnn3C(C)(C)C)N3CCN(c4ccc(OC)cc4)CC3)cc2c1. The number of ether oxygens (including phenoxy) is 2. The summed E-state index contributed by atoms with van der Waals surface area (Å²) in [5.74, 6) is 2.26. The molecule has 1 unspecified atom stereocenters. The number of benzene rings is 2. The standard InChI is InChI=1S/C28H35N7O3/c1-6-38-22-11-12-24-19(17-22)18-23(27(36)29-24)25(26-30-31-32-35(26)28(2,3)4)34-15-13-33(14-16-34)20-7-9-21(37-5)10-8-20/h7-12,17-18,25H,6,13-16H2,1-5H3,(H,29,36). The molecule has 1 aliphatic rings. The number of hydrogen-bond acceptors (Lipinski definition) is 8. The lowest BCUT2D eigenvalue weighted by molar-refractivity contribution is 0.190. The van der Waals surface area contributed by atoms with Crippen LogP contribution in [0.1, 0.15) is 45.1 Å². The Balaban J connectivity index is 1.53. The maximum absolute atomic E-state index is 13.5. The van der Waals surface area contributed by atoms with Crippen molar-refractivity contribution in [1.82, 2.24) is 30.1 Å². The van der Waals surface area contributed by atoms with Crippen LogP contribution in [-0.2, 0) is 5.54 Å². The van der Waals surface area contributed by atoms with Gasteiger partial charge in [-0.3, -0.25) is 9.69 Å². The van der Waals surface area contributed by atoms with Gasteiger partial charge in [-0.15, -0.1) is 5.10 Å². The monoisotopic (exact) mass is 517 g/mol. The number of fused-ring (bicyclic) bond motifs is 1. The van der Waals surface area contributed by atoms with E-state index in [9.17, 15) is 4.79 Å². The Morgan fingerprint density at radius 1 is 1.00 bits per heavy atom. The van der Waals surface area contributed by atoms with Crippen molar-refractivity contribution in [2.24, 2.45) is 0 Å². The number of methoxy groups -OCH3 is 1. The van der Waals surface area contributed by atoms with Crippen LogP contribution in [0.4, 0.5) is 5.69 Å². The molecule has 3 heterocycles. The van der Waals surface area contributed by atoms with E-state index in [0.717, 1.165) is 54.3 Å². The van der Waals surface area contributed by atoms with E-state index in [4.69, 9.17) is 9.47 Å². The minimum atomic E-state index is -0.411. The van der Waals surface area contributed by atoms with Crippen molar-refractivity contribution in [3.8, 4) is 11.5 Å². The highest BCUT2D eigenvalue weighted by Gasteiger charge is 2.35. The number of pyridine rings is 1. The molecule has 0 spiro atoms. The van der Waals surface area contributed by atoms with Crippen LogP contribution in [0.5, 0.6) is 11.5 Å². The van der Waals surface area contributed by atoms with E-state index in [0.29, 0.717) is 18.0 Å². The summed E-state index contributed by atoms with van der Waals surface area (Å²) < 4.78 is 12.8. The van der Waals surface area contributed by atoms with Crippen molar-refractivity contribution in [2.45, 2.75) is 39.3 Å². The fourth-order valence-corrected chi connectivity index (χ4v) is 5.03. The highest BCUT2D eigenvalue weighted by molar-refractivity contribution is 5.80. The molecule has 2 aromatic carbocycles. The zero-order chi connectivity index (χ0) is 26.9. The second-order valence-corrected chi connectivity index (χ2v) is 10.5. The Morgan fingerprint density at radius 3 is 2.37 bits per heavy atom. The molecule has 0 radical (unpaired) electrons. The summed E-state index contributed by atoms with van der Waals surface area (Å²) in [7, 11) is 1.67. The number of H-pyrrole nitrogens is 1. The van der Waals surface area contributed by atoms with E-state index >= 15 is 0 Å². The van der Waals surface area contributed by atoms with Crippen molar-refractivity contribution in [3.63, 3.8) is 0 Å². The van der Waals surface area contributed by atoms with Crippen LogP contribution in [0.3, 0.4) is 0 Å². The van der Waals surface area contributed by atoms with E-state index in [-0.39, 0.29) is 11.1 Å². The smallest absolute Gasteiger partial charge is 0.253 e. The Hall–Kier alpha value is -3.92. The second kappa shape index (κ2) is 10.4. The first kappa shape index (κ1) is 25.7. The van der Waals surface area contributed by atoms with Gasteiger partial charge >= 0.3 is 0 Å². The Labute approximate surface area is 222 Å². The zero-order valence-corrected chi connectivity index (χ0v) is 22.6. The maximum Gasteiger partial charge on any atom is 0.253 e. The van der Waals surface area contributed by atoms with E-state index < -0.39 is 6.04 Å². The molecule has 0 amide bonds. The molecule has 1 N–H and O–H groups in total. The number of aromatic amines is 1. The second-order valence-electron chi connectivity index (χ2n) is 10.5. The highest BCUT2D eigenvalue weighted by atomic mass is 16.5. The predicted molar refractivity (Wildman–Crippen MR) is 147 cm³/mol. The lowest BCUT2D eigenvalue weighted by Gasteiger charge is -2.40. The number of aromatic nitrogens is 5. The molecule has 1 fully saturated rings. The summed E-state index contributed by atoms with van der Waals surface area (Å²) in [5.41, 5.74) is 2.03. The average molecular weight is 518 g/mol. The first-order valence-electron chi connectivity index (χ1n) is 13.0. The molecule has 5 rings (SSSR count). The van der Waals surface area contributed by atoms with Crippen molar-refractivity contribution >= 4 is 16.6 Å². The van der Waals surface area contributed by atoms with Gasteiger partial charge in [-0.05, 0) is 86.7 Å². The van der Waals surface area contributed by atoms with Gasteiger partial charge in [0, 0.05) is 48.3 Å². The first-order valence-corrected chi connectivity index (χ1v) is 13.0. The minimum Gasteiger partial charge on any atom is -0.497 e. The molecule has 10 nitrogen and oxygen atoms in total. The molecule has 4 aromatic rings. The van der Waals surface area contributed by atoms with Gasteiger partial charge in [-0.25, -0.2) is 4.68 Å². The maximum atomic E-state index is 13.5. The van der Waals surface area contributed by atoms with Gasteiger partial charge in [0.05, 0.1) is 19.3 Å². The van der Waals surface area contributed by atoms with Crippen LogP contribution in [0.2, 0.25) is 0 Å². The third-order valence-electron chi connectivity index (χ3n) is 6.94. The van der Waals surface area contributed by atoms with Crippen LogP contribution >= 0.6 is 0 Å². The van der Waals surface area contributed by atoms with E-state index in [1.165, 1.54) is 0 Å². The summed E-state index contributed by atoms with van der Waals surface area (Å²) >= 11 is 0. The van der Waals surface area contributed by atoms with Gasteiger partial charge < -0.3 is 19.4 Å². The van der Waals surface area contributed by atoms with Gasteiger partial charge in [0.25, 0.3) is 5.56 Å². The van der Waals surface area contributed by atoms with Gasteiger partial charge in [0.15, 0.2) is 5.82 Å². The topological polar surface area (TPSA) is 101 Å². The molecule has 1 aliphatic heterocycles. The predicted octanol–water partition coefficient (Wildman–Crippen LogP) is 3.59. The Kier molecular flexibility index (Phi) is 7.07. The third kappa shape index (κ3) is 5.08. The third-order valence-corrected chi connectivity index (χ3v) is 6.94. The number of hydrogen-bond donors (Lipinski definition) is 1. The molecule has 0 saturated carbocycles. The molecule has 1 atom stereocenters. The van der Waals surface area contributed by atoms with Gasteiger partial charge in [0.1, 0.15) is 17.5 Å². The summed E-state index contributed by atoms with van der Waals surface area (Å²) in [6.07, 6.45) is 0. The zero-order valence-electron chi connectivity index (χ0n) is 22.6. The van der Waals surface area contributed by atoms with Gasteiger partial charge in [-0.1, -0.05) is 0 Å². The molecular weight excluding hydrogens is 482 g/mol. The van der Waals surface area contributed by atoms with E-state index in [2.05, 4.69) is 63.2 Å². The molecule has 2 aromatic heterocycles. The van der Waals surface area contributed by atoms with Crippen molar-refractivity contribution in [2.75, 3.05) is 44.8 Å². The van der Waals surface area contributed by atoms with Crippen LogP contribution in [-0.4, -0.2) is 70.0 Å². The van der Waals surface area contributed by atoms with Gasteiger partial charge in [0.2, 0.25) is 0 Å². The molecule has 0 bridgehead atoms. The molecular formula is C28H35N7O3. The summed E-state index contributed by atoms with van der Waals surface area (Å²) in [5, 5.41) is 13.7. The number of anilines is 1. The van der Waals surface area contributed by atoms with Crippen LogP contribution in [0.25, 0.3) is 10.9 Å². The summed E-state index contributed by atoms with van der Waals surface area (Å²) in [4.78, 5) is 21.2. The van der Waals surface area contributed by atoms with E-state index in [1.54, 1.807) is 7.11 Å². The molecule has 0 aliphatic carbocycles. The van der Waals surface area contributed by atoms with Crippen LogP contribution in [0.15, 0.2) is 53.3 Å². The molecule has 38 heavy (non-hydrogen) atoms. The fourth-order valence-electron chi connectivity index (χ4n) is 5.03. The van der Waals surface area contributed by atoms with Gasteiger partial charge in [-0.2, -0.15) is 0 Å². The number of nitrogens with zero attached hydrogens (tertiary/aromatic N) is 6. The van der Waals surface area contributed by atoms with Crippen molar-refractivity contribution in [3.05, 3.63) is 70.3 Å². The molecule has 200 valence electrons. The van der Waals surface area contributed by atoms with Crippen LogP contribution < -0.4 is 19.9 Å². The summed E-state index contributed by atoms with van der Waals surface area (Å²) in [6, 6.07) is 15.4. The lowest BCUT2D eigenvalue weighted by atomic mass is 10.0. The Bertz CT molecular complexity index is 1450. The molecule has 10 heteroatoms.